The van der Waals surface area contributed by atoms with Crippen LogP contribution in [0.25, 0.3) is 17.1 Å². The van der Waals surface area contributed by atoms with Crippen molar-refractivity contribution >= 4 is 5.97 Å². The molecule has 0 atom stereocenters. The molecule has 38 heavy (non-hydrogen) atoms. The van der Waals surface area contributed by atoms with E-state index in [-0.39, 0.29) is 11.4 Å². The maximum Gasteiger partial charge on any atom is 0.342 e. The van der Waals surface area contributed by atoms with E-state index in [0.717, 1.165) is 36.4 Å². The number of nitrogens with zero attached hydrogens (tertiary/aromatic N) is 4. The Morgan fingerprint density at radius 3 is 2.68 bits per heavy atom. The normalized spacial score (nSPS) is 13.3. The first-order valence-electron chi connectivity index (χ1n) is 12.8. The molecule has 2 aromatic carbocycles. The van der Waals surface area contributed by atoms with E-state index in [2.05, 4.69) is 36.1 Å². The van der Waals surface area contributed by atoms with Gasteiger partial charge in [0.2, 0.25) is 5.88 Å². The summed E-state index contributed by atoms with van der Waals surface area (Å²) >= 11 is 0. The number of fused-ring (bicyclic) bond motifs is 1. The molecule has 5 rings (SSSR count). The number of hydrogen-bond acceptors (Lipinski definition) is 6. The van der Waals surface area contributed by atoms with E-state index in [1.807, 2.05) is 37.3 Å². The quantitative estimate of drug-likeness (QED) is 0.346. The van der Waals surface area contributed by atoms with Crippen molar-refractivity contribution in [1.29, 1.82) is 0 Å². The van der Waals surface area contributed by atoms with Gasteiger partial charge in [-0.25, -0.2) is 9.78 Å². The van der Waals surface area contributed by atoms with Crippen molar-refractivity contribution in [2.45, 2.75) is 40.3 Å². The molecular formula is C30H32N4O4. The van der Waals surface area contributed by atoms with Gasteiger partial charge in [0.25, 0.3) is 0 Å². The van der Waals surface area contributed by atoms with Gasteiger partial charge >= 0.3 is 5.97 Å². The molecule has 1 aliphatic heterocycles. The lowest BCUT2D eigenvalue weighted by Gasteiger charge is -2.27. The molecule has 0 amide bonds. The zero-order valence-corrected chi connectivity index (χ0v) is 22.2. The van der Waals surface area contributed by atoms with Gasteiger partial charge in [0.05, 0.1) is 18.5 Å². The highest BCUT2D eigenvalue weighted by atomic mass is 16.5. The molecule has 0 aliphatic carbocycles. The molecule has 0 saturated heterocycles. The van der Waals surface area contributed by atoms with E-state index < -0.39 is 5.97 Å². The molecule has 8 nitrogen and oxygen atoms in total. The Balaban J connectivity index is 1.47. The van der Waals surface area contributed by atoms with Crippen LogP contribution in [0.3, 0.4) is 0 Å². The lowest BCUT2D eigenvalue weighted by Crippen LogP contribution is -2.27. The lowest BCUT2D eigenvalue weighted by atomic mass is 9.92. The first kappa shape index (κ1) is 25.5. The molecule has 196 valence electrons. The molecule has 2 aromatic heterocycles. The number of carboxylic acids is 1. The number of aromatic carboxylic acids is 1. The fourth-order valence-corrected chi connectivity index (χ4v) is 5.00. The second kappa shape index (κ2) is 10.7. The Labute approximate surface area is 222 Å². The Morgan fingerprint density at radius 1 is 1.08 bits per heavy atom. The van der Waals surface area contributed by atoms with Gasteiger partial charge in [0, 0.05) is 18.7 Å². The number of aromatic nitrogens is 3. The van der Waals surface area contributed by atoms with Crippen molar-refractivity contribution in [3.05, 3.63) is 88.1 Å². The summed E-state index contributed by atoms with van der Waals surface area (Å²) in [6, 6.07) is 15.9. The van der Waals surface area contributed by atoms with Gasteiger partial charge in [-0.1, -0.05) is 30.3 Å². The van der Waals surface area contributed by atoms with E-state index in [9.17, 15) is 9.90 Å². The average molecular weight is 513 g/mol. The summed E-state index contributed by atoms with van der Waals surface area (Å²) in [5, 5.41) is 13.8. The smallest absolute Gasteiger partial charge is 0.342 e. The van der Waals surface area contributed by atoms with Crippen LogP contribution in [0.2, 0.25) is 0 Å². The van der Waals surface area contributed by atoms with Gasteiger partial charge in [-0.3, -0.25) is 0 Å². The lowest BCUT2D eigenvalue weighted by molar-refractivity contribution is 0.0692. The summed E-state index contributed by atoms with van der Waals surface area (Å²) < 4.78 is 13.5. The van der Waals surface area contributed by atoms with Crippen molar-refractivity contribution < 1.29 is 19.4 Å². The molecule has 0 radical (unpaired) electrons. The van der Waals surface area contributed by atoms with E-state index >= 15 is 0 Å². The fourth-order valence-electron chi connectivity index (χ4n) is 5.00. The number of carboxylic acid groups (broad SMARTS) is 1. The molecule has 4 aromatic rings. The monoisotopic (exact) mass is 512 g/mol. The van der Waals surface area contributed by atoms with E-state index in [4.69, 9.17) is 14.5 Å². The van der Waals surface area contributed by atoms with Crippen LogP contribution in [0.5, 0.6) is 11.6 Å². The standard InChI is InChI=1S/C30H32N4O4/c1-5-37-29-25(30(35)36)16-31-34(29)27-11-7-10-26(32-27)24-9-6-8-19(2)28(24)38-18-22-13-12-21-17-33(4)15-14-23(21)20(22)3/h6-13,16H,5,14-15,17-18H2,1-4H3,(H,35,36). The minimum absolute atomic E-state index is 0.00862. The second-order valence-electron chi connectivity index (χ2n) is 9.61. The predicted octanol–water partition coefficient (Wildman–Crippen LogP) is 5.21. The number of carbonyl (C=O) groups is 1. The highest BCUT2D eigenvalue weighted by Crippen LogP contribution is 2.34. The van der Waals surface area contributed by atoms with Crippen molar-refractivity contribution in [2.24, 2.45) is 0 Å². The van der Waals surface area contributed by atoms with Crippen LogP contribution in [0.15, 0.2) is 54.7 Å². The topological polar surface area (TPSA) is 89.7 Å². The summed E-state index contributed by atoms with van der Waals surface area (Å²) in [6.45, 7) is 8.83. The van der Waals surface area contributed by atoms with Gasteiger partial charge in [0.15, 0.2) is 5.82 Å². The first-order chi connectivity index (χ1) is 18.4. The predicted molar refractivity (Wildman–Crippen MR) is 145 cm³/mol. The van der Waals surface area contributed by atoms with Crippen LogP contribution < -0.4 is 9.47 Å². The molecule has 8 heteroatoms. The van der Waals surface area contributed by atoms with Crippen molar-refractivity contribution in [3.8, 4) is 28.7 Å². The summed E-state index contributed by atoms with van der Waals surface area (Å²) in [7, 11) is 2.16. The maximum absolute atomic E-state index is 11.6. The maximum atomic E-state index is 11.6. The Morgan fingerprint density at radius 2 is 1.89 bits per heavy atom. The van der Waals surface area contributed by atoms with E-state index in [1.54, 1.807) is 13.0 Å². The summed E-state index contributed by atoms with van der Waals surface area (Å²) in [4.78, 5) is 18.8. The molecule has 1 N–H and O–H groups in total. The molecule has 0 bridgehead atoms. The molecule has 3 heterocycles. The van der Waals surface area contributed by atoms with Gasteiger partial charge in [0.1, 0.15) is 17.9 Å². The SMILES string of the molecule is CCOc1c(C(=O)O)cnn1-c1cccc(-c2cccc(C)c2OCc2ccc3c(c2C)CCN(C)C3)n1. The number of benzene rings is 2. The van der Waals surface area contributed by atoms with Gasteiger partial charge in [-0.05, 0) is 80.3 Å². The Kier molecular flexibility index (Phi) is 7.15. The molecule has 0 fully saturated rings. The van der Waals surface area contributed by atoms with E-state index in [1.165, 1.54) is 33.1 Å². The van der Waals surface area contributed by atoms with Crippen LogP contribution in [0, 0.1) is 13.8 Å². The first-order valence-corrected chi connectivity index (χ1v) is 12.8. The molecule has 0 spiro atoms. The van der Waals surface area contributed by atoms with Crippen LogP contribution in [0.4, 0.5) is 0 Å². The zero-order valence-electron chi connectivity index (χ0n) is 22.2. The van der Waals surface area contributed by atoms with Crippen molar-refractivity contribution in [1.82, 2.24) is 19.7 Å². The van der Waals surface area contributed by atoms with Gasteiger partial charge < -0.3 is 19.5 Å². The third-order valence-corrected chi connectivity index (χ3v) is 7.04. The Bertz CT molecular complexity index is 1490. The number of para-hydroxylation sites is 1. The minimum atomic E-state index is -1.10. The number of rotatable bonds is 8. The van der Waals surface area contributed by atoms with Crippen LogP contribution in [0.1, 0.15) is 45.1 Å². The summed E-state index contributed by atoms with van der Waals surface area (Å²) in [5.41, 5.74) is 7.88. The number of hydrogen-bond donors (Lipinski definition) is 1. The van der Waals surface area contributed by atoms with Gasteiger partial charge in [-0.15, -0.1) is 0 Å². The molecular weight excluding hydrogens is 480 g/mol. The van der Waals surface area contributed by atoms with Crippen LogP contribution >= 0.6 is 0 Å². The van der Waals surface area contributed by atoms with E-state index in [0.29, 0.717) is 24.7 Å². The molecule has 1 aliphatic rings. The molecule has 0 saturated carbocycles. The highest BCUT2D eigenvalue weighted by Gasteiger charge is 2.21. The van der Waals surface area contributed by atoms with Gasteiger partial charge in [-0.2, -0.15) is 9.78 Å². The zero-order chi connectivity index (χ0) is 26.8. The minimum Gasteiger partial charge on any atom is -0.488 e. The number of aryl methyl sites for hydroxylation is 1. The van der Waals surface area contributed by atoms with Crippen LogP contribution in [-0.4, -0.2) is 50.9 Å². The van der Waals surface area contributed by atoms with Crippen molar-refractivity contribution in [3.63, 3.8) is 0 Å². The summed E-state index contributed by atoms with van der Waals surface area (Å²) in [5.74, 6) is 0.279. The second-order valence-corrected chi connectivity index (χ2v) is 9.61. The number of ether oxygens (including phenoxy) is 2. The van der Waals surface area contributed by atoms with Crippen LogP contribution in [-0.2, 0) is 19.6 Å². The number of likely N-dealkylation sites (N-methyl/N-ethyl adjacent to an activating group) is 1. The average Bonchev–Trinajstić information content (AvgIpc) is 3.33. The highest BCUT2D eigenvalue weighted by molar-refractivity contribution is 5.90. The summed E-state index contributed by atoms with van der Waals surface area (Å²) in [6.07, 6.45) is 2.33. The third kappa shape index (κ3) is 4.87. The number of pyridine rings is 1. The largest absolute Gasteiger partial charge is 0.488 e. The third-order valence-electron chi connectivity index (χ3n) is 7.04. The Hall–Kier alpha value is -4.17. The molecule has 0 unspecified atom stereocenters. The fraction of sp³-hybridized carbons (Fsp3) is 0.300. The van der Waals surface area contributed by atoms with Crippen molar-refractivity contribution in [2.75, 3.05) is 20.2 Å².